The fraction of sp³-hybridized carbons (Fsp3) is 0.571. The van der Waals surface area contributed by atoms with Crippen LogP contribution < -0.4 is 4.72 Å². The number of benzene rings is 1. The number of rotatable bonds is 4. The Morgan fingerprint density at radius 2 is 2.14 bits per heavy atom. The topological polar surface area (TPSA) is 69.6 Å². The molecule has 5 nitrogen and oxygen atoms in total. The van der Waals surface area contributed by atoms with E-state index in [9.17, 15) is 13.5 Å². The first-order valence-electron chi connectivity index (χ1n) is 7.17. The fourth-order valence-electron chi connectivity index (χ4n) is 3.33. The van der Waals surface area contributed by atoms with Gasteiger partial charge in [0.1, 0.15) is 0 Å². The van der Waals surface area contributed by atoms with Crippen LogP contribution >= 0.6 is 15.9 Å². The van der Waals surface area contributed by atoms with Gasteiger partial charge in [-0.05, 0) is 59.4 Å². The van der Waals surface area contributed by atoms with Crippen molar-refractivity contribution < 1.29 is 13.5 Å². The van der Waals surface area contributed by atoms with E-state index in [1.807, 2.05) is 0 Å². The zero-order chi connectivity index (χ0) is 15.0. The van der Waals surface area contributed by atoms with Crippen molar-refractivity contribution in [3.63, 3.8) is 0 Å². The van der Waals surface area contributed by atoms with Gasteiger partial charge in [-0.1, -0.05) is 6.07 Å². The van der Waals surface area contributed by atoms with Gasteiger partial charge in [-0.15, -0.1) is 0 Å². The maximum atomic E-state index is 12.6. The fourth-order valence-corrected chi connectivity index (χ4v) is 5.65. The summed E-state index contributed by atoms with van der Waals surface area (Å²) >= 11 is 3.29. The number of halogens is 1. The third-order valence-electron chi connectivity index (χ3n) is 4.38. The highest BCUT2D eigenvalue weighted by molar-refractivity contribution is 9.10. The van der Waals surface area contributed by atoms with Crippen molar-refractivity contribution in [3.05, 3.63) is 28.2 Å². The lowest BCUT2D eigenvalue weighted by molar-refractivity contribution is 0.281. The minimum atomic E-state index is -3.58. The van der Waals surface area contributed by atoms with Gasteiger partial charge in [0, 0.05) is 23.1 Å². The van der Waals surface area contributed by atoms with Crippen LogP contribution in [0.15, 0.2) is 27.6 Å². The largest absolute Gasteiger partial charge is 0.392 e. The van der Waals surface area contributed by atoms with Crippen molar-refractivity contribution in [1.82, 2.24) is 9.62 Å². The molecular formula is C14H19BrN2O3S. The molecule has 2 unspecified atom stereocenters. The van der Waals surface area contributed by atoms with E-state index in [4.69, 9.17) is 0 Å². The Morgan fingerprint density at radius 1 is 1.33 bits per heavy atom. The lowest BCUT2D eigenvalue weighted by Gasteiger charge is -2.21. The molecule has 1 aromatic rings. The molecule has 0 amide bonds. The summed E-state index contributed by atoms with van der Waals surface area (Å²) in [5.74, 6) is 0. The first-order chi connectivity index (χ1) is 10.0. The van der Waals surface area contributed by atoms with Crippen LogP contribution in [0.25, 0.3) is 0 Å². The van der Waals surface area contributed by atoms with Crippen molar-refractivity contribution in [1.29, 1.82) is 0 Å². The smallest absolute Gasteiger partial charge is 0.242 e. The summed E-state index contributed by atoms with van der Waals surface area (Å²) < 4.78 is 28.6. The molecule has 0 saturated carbocycles. The second-order valence-electron chi connectivity index (χ2n) is 5.68. The van der Waals surface area contributed by atoms with Crippen LogP contribution in [0.1, 0.15) is 24.8 Å². The number of hydrogen-bond acceptors (Lipinski definition) is 4. The van der Waals surface area contributed by atoms with Gasteiger partial charge in [-0.25, -0.2) is 13.1 Å². The molecule has 21 heavy (non-hydrogen) atoms. The van der Waals surface area contributed by atoms with E-state index in [1.165, 1.54) is 6.07 Å². The van der Waals surface area contributed by atoms with E-state index in [0.29, 0.717) is 16.1 Å². The summed E-state index contributed by atoms with van der Waals surface area (Å²) in [6.45, 7) is 1.87. The van der Waals surface area contributed by atoms with E-state index in [-0.39, 0.29) is 17.5 Å². The number of aliphatic hydroxyl groups excluding tert-OH is 1. The third-order valence-corrected chi connectivity index (χ3v) is 6.86. The van der Waals surface area contributed by atoms with Crippen molar-refractivity contribution in [2.45, 2.75) is 42.8 Å². The molecule has 116 valence electrons. The van der Waals surface area contributed by atoms with Crippen LogP contribution in [-0.2, 0) is 16.6 Å². The van der Waals surface area contributed by atoms with Crippen LogP contribution in [0.2, 0.25) is 0 Å². The molecule has 0 bridgehead atoms. The molecule has 2 saturated heterocycles. The van der Waals surface area contributed by atoms with Crippen molar-refractivity contribution in [2.75, 3.05) is 13.1 Å². The molecule has 2 fully saturated rings. The second-order valence-corrected chi connectivity index (χ2v) is 8.22. The predicted octanol–water partition coefficient (Wildman–Crippen LogP) is 1.46. The zero-order valence-corrected chi connectivity index (χ0v) is 14.0. The van der Waals surface area contributed by atoms with Gasteiger partial charge >= 0.3 is 0 Å². The summed E-state index contributed by atoms with van der Waals surface area (Å²) in [6, 6.07) is 5.21. The van der Waals surface area contributed by atoms with E-state index in [2.05, 4.69) is 25.6 Å². The highest BCUT2D eigenvalue weighted by Crippen LogP contribution is 2.30. The molecule has 1 aromatic carbocycles. The summed E-state index contributed by atoms with van der Waals surface area (Å²) in [6.07, 6.45) is 3.07. The normalized spacial score (nSPS) is 26.2. The first-order valence-corrected chi connectivity index (χ1v) is 9.44. The Balaban J connectivity index is 1.84. The van der Waals surface area contributed by atoms with E-state index < -0.39 is 10.0 Å². The molecule has 0 aromatic heterocycles. The van der Waals surface area contributed by atoms with E-state index >= 15 is 0 Å². The summed E-state index contributed by atoms with van der Waals surface area (Å²) in [5, 5.41) is 9.19. The van der Waals surface area contributed by atoms with Gasteiger partial charge in [0.05, 0.1) is 11.5 Å². The average Bonchev–Trinajstić information content (AvgIpc) is 3.04. The summed E-state index contributed by atoms with van der Waals surface area (Å²) in [4.78, 5) is 2.57. The minimum absolute atomic E-state index is 0.0119. The number of fused-ring (bicyclic) bond motifs is 1. The van der Waals surface area contributed by atoms with Crippen molar-refractivity contribution in [3.8, 4) is 0 Å². The van der Waals surface area contributed by atoms with Crippen LogP contribution in [0.3, 0.4) is 0 Å². The molecule has 2 atom stereocenters. The third kappa shape index (κ3) is 3.03. The first kappa shape index (κ1) is 15.4. The predicted molar refractivity (Wildman–Crippen MR) is 83.4 cm³/mol. The number of nitrogens with one attached hydrogen (secondary N) is 1. The summed E-state index contributed by atoms with van der Waals surface area (Å²) in [7, 11) is -3.58. The Labute approximate surface area is 133 Å². The van der Waals surface area contributed by atoms with Crippen LogP contribution in [-0.4, -0.2) is 43.6 Å². The Kier molecular flexibility index (Phi) is 4.38. The molecule has 2 aliphatic heterocycles. The SMILES string of the molecule is O=S(=O)(NC1CCN2CCCC12)c1cc(CO)ccc1Br. The molecule has 2 aliphatic rings. The zero-order valence-electron chi connectivity index (χ0n) is 11.6. The maximum Gasteiger partial charge on any atom is 0.242 e. The molecule has 0 spiro atoms. The molecule has 2 N–H and O–H groups in total. The van der Waals surface area contributed by atoms with Gasteiger partial charge < -0.3 is 5.11 Å². The molecule has 3 rings (SSSR count). The lowest BCUT2D eigenvalue weighted by atomic mass is 10.1. The number of hydrogen-bond donors (Lipinski definition) is 2. The van der Waals surface area contributed by atoms with E-state index in [0.717, 1.165) is 32.4 Å². The van der Waals surface area contributed by atoms with Gasteiger partial charge in [-0.2, -0.15) is 0 Å². The standard InChI is InChI=1S/C14H19BrN2O3S/c15-11-4-3-10(9-18)8-14(11)21(19,20)16-12-5-7-17-6-1-2-13(12)17/h3-4,8,12-13,16,18H,1-2,5-7,9H2. The van der Waals surface area contributed by atoms with Gasteiger partial charge in [0.2, 0.25) is 10.0 Å². The molecular weight excluding hydrogens is 356 g/mol. The number of sulfonamides is 1. The highest BCUT2D eigenvalue weighted by atomic mass is 79.9. The van der Waals surface area contributed by atoms with Crippen LogP contribution in [0.4, 0.5) is 0 Å². The highest BCUT2D eigenvalue weighted by Gasteiger charge is 2.39. The average molecular weight is 375 g/mol. The Morgan fingerprint density at radius 3 is 2.90 bits per heavy atom. The number of nitrogens with zero attached hydrogens (tertiary/aromatic N) is 1. The molecule has 0 aliphatic carbocycles. The summed E-state index contributed by atoms with van der Waals surface area (Å²) in [5.41, 5.74) is 0.590. The number of aliphatic hydroxyl groups is 1. The molecule has 0 radical (unpaired) electrons. The molecule has 7 heteroatoms. The van der Waals surface area contributed by atoms with Gasteiger partial charge in [0.25, 0.3) is 0 Å². The van der Waals surface area contributed by atoms with Crippen molar-refractivity contribution in [2.24, 2.45) is 0 Å². The van der Waals surface area contributed by atoms with Crippen LogP contribution in [0, 0.1) is 0 Å². The van der Waals surface area contributed by atoms with Gasteiger partial charge in [0.15, 0.2) is 0 Å². The lowest BCUT2D eigenvalue weighted by Crippen LogP contribution is -2.42. The Hall–Kier alpha value is -0.470. The van der Waals surface area contributed by atoms with Crippen molar-refractivity contribution >= 4 is 26.0 Å². The minimum Gasteiger partial charge on any atom is -0.392 e. The van der Waals surface area contributed by atoms with Gasteiger partial charge in [-0.3, -0.25) is 4.90 Å². The molecule has 2 heterocycles. The second kappa shape index (κ2) is 5.96. The van der Waals surface area contributed by atoms with E-state index in [1.54, 1.807) is 12.1 Å². The van der Waals surface area contributed by atoms with Crippen LogP contribution in [0.5, 0.6) is 0 Å². The Bertz CT molecular complexity index is 635. The quantitative estimate of drug-likeness (QED) is 0.836. The monoisotopic (exact) mass is 374 g/mol. The maximum absolute atomic E-state index is 12.6.